The molecule has 0 amide bonds. The zero-order chi connectivity index (χ0) is 8.20. The molecule has 0 aromatic heterocycles. The maximum Gasteiger partial charge on any atom is 0.329 e. The van der Waals surface area contributed by atoms with Crippen molar-refractivity contribution in [1.82, 2.24) is 0 Å². The Bertz CT molecular complexity index is 236. The minimum absolute atomic E-state index is 0.0726. The van der Waals surface area contributed by atoms with Crippen LogP contribution in [0, 0.1) is 0 Å². The molecule has 4 nitrogen and oxygen atoms in total. The van der Waals surface area contributed by atoms with Gasteiger partial charge in [-0.05, 0) is 0 Å². The van der Waals surface area contributed by atoms with Gasteiger partial charge in [-0.3, -0.25) is 0 Å². The second-order valence-corrected chi connectivity index (χ2v) is 3.77. The van der Waals surface area contributed by atoms with E-state index < -0.39 is 15.8 Å². The number of rotatable bonds is 3. The molecule has 58 valence electrons. The maximum atomic E-state index is 10.6. The SMILES string of the molecule is CCS(=O)(=O)/C=C/C(=O)O. The Hall–Kier alpha value is -0.840. The molecule has 0 aromatic rings. The van der Waals surface area contributed by atoms with E-state index in [-0.39, 0.29) is 5.75 Å². The van der Waals surface area contributed by atoms with Gasteiger partial charge >= 0.3 is 5.97 Å². The first-order chi connectivity index (χ1) is 4.48. The molecule has 0 radical (unpaired) electrons. The summed E-state index contributed by atoms with van der Waals surface area (Å²) in [7, 11) is -3.28. The van der Waals surface area contributed by atoms with Crippen molar-refractivity contribution in [1.29, 1.82) is 0 Å². The van der Waals surface area contributed by atoms with E-state index in [4.69, 9.17) is 5.11 Å². The number of aliphatic carboxylic acids is 1. The fourth-order valence-corrected chi connectivity index (χ4v) is 0.774. The van der Waals surface area contributed by atoms with Gasteiger partial charge < -0.3 is 5.11 Å². The summed E-state index contributed by atoms with van der Waals surface area (Å²) in [5.41, 5.74) is 0. The predicted molar refractivity (Wildman–Crippen MR) is 36.2 cm³/mol. The van der Waals surface area contributed by atoms with Crippen LogP contribution in [0.4, 0.5) is 0 Å². The van der Waals surface area contributed by atoms with Gasteiger partial charge in [0.25, 0.3) is 0 Å². The summed E-state index contributed by atoms with van der Waals surface area (Å²) in [5.74, 6) is -1.33. The summed E-state index contributed by atoms with van der Waals surface area (Å²) >= 11 is 0. The van der Waals surface area contributed by atoms with Gasteiger partial charge in [-0.2, -0.15) is 0 Å². The molecule has 0 spiro atoms. The van der Waals surface area contributed by atoms with Crippen molar-refractivity contribution >= 4 is 15.8 Å². The molecule has 0 rings (SSSR count). The minimum atomic E-state index is -3.28. The maximum absolute atomic E-state index is 10.6. The predicted octanol–water partition coefficient (Wildman–Crippen LogP) is 0.0194. The largest absolute Gasteiger partial charge is 0.478 e. The van der Waals surface area contributed by atoms with Gasteiger partial charge in [-0.15, -0.1) is 0 Å². The summed E-state index contributed by atoms with van der Waals surface area (Å²) in [5, 5.41) is 8.71. The van der Waals surface area contributed by atoms with Crippen molar-refractivity contribution in [2.24, 2.45) is 0 Å². The Labute approximate surface area is 59.1 Å². The topological polar surface area (TPSA) is 71.4 Å². The van der Waals surface area contributed by atoms with Crippen molar-refractivity contribution < 1.29 is 18.3 Å². The molecule has 0 saturated heterocycles. The number of hydrogen-bond acceptors (Lipinski definition) is 3. The van der Waals surface area contributed by atoms with Crippen molar-refractivity contribution in [2.75, 3.05) is 5.75 Å². The third-order valence-electron chi connectivity index (χ3n) is 0.820. The van der Waals surface area contributed by atoms with E-state index in [1.807, 2.05) is 0 Å². The molecule has 0 aromatic carbocycles. The van der Waals surface area contributed by atoms with Gasteiger partial charge in [-0.1, -0.05) is 6.92 Å². The Morgan fingerprint density at radius 1 is 1.60 bits per heavy atom. The number of carbonyl (C=O) groups is 1. The lowest BCUT2D eigenvalue weighted by atomic mass is 10.7. The zero-order valence-corrected chi connectivity index (χ0v) is 6.26. The van der Waals surface area contributed by atoms with Crippen LogP contribution in [0.3, 0.4) is 0 Å². The van der Waals surface area contributed by atoms with Crippen LogP contribution < -0.4 is 0 Å². The monoisotopic (exact) mass is 164 g/mol. The fourth-order valence-electron chi connectivity index (χ4n) is 0.258. The fraction of sp³-hybridized carbons (Fsp3) is 0.400. The van der Waals surface area contributed by atoms with E-state index in [9.17, 15) is 13.2 Å². The summed E-state index contributed by atoms with van der Waals surface area (Å²) in [6.45, 7) is 1.45. The molecule has 1 N–H and O–H groups in total. The lowest BCUT2D eigenvalue weighted by Crippen LogP contribution is -1.99. The smallest absolute Gasteiger partial charge is 0.329 e. The number of sulfone groups is 1. The summed E-state index contributed by atoms with van der Waals surface area (Å²) in [6.07, 6.45) is 0.610. The van der Waals surface area contributed by atoms with E-state index in [1.165, 1.54) is 6.92 Å². The molecule has 0 atom stereocenters. The summed E-state index contributed by atoms with van der Waals surface area (Å²) in [4.78, 5) is 9.81. The van der Waals surface area contributed by atoms with Gasteiger partial charge in [0.2, 0.25) is 0 Å². The Balaban J connectivity index is 4.29. The van der Waals surface area contributed by atoms with Crippen molar-refractivity contribution in [3.8, 4) is 0 Å². The third-order valence-corrected chi connectivity index (χ3v) is 2.18. The lowest BCUT2D eigenvalue weighted by molar-refractivity contribution is -0.131. The van der Waals surface area contributed by atoms with Gasteiger partial charge in [0.1, 0.15) is 0 Å². The average molecular weight is 164 g/mol. The molecule has 0 saturated carbocycles. The highest BCUT2D eigenvalue weighted by molar-refractivity contribution is 7.94. The molecular formula is C5H8O4S. The Kier molecular flexibility index (Phi) is 3.08. The van der Waals surface area contributed by atoms with Crippen LogP contribution in [0.15, 0.2) is 11.5 Å². The lowest BCUT2D eigenvalue weighted by Gasteiger charge is -1.87. The van der Waals surface area contributed by atoms with Crippen LogP contribution in [0.2, 0.25) is 0 Å². The number of carboxylic acids is 1. The summed E-state index contributed by atoms with van der Waals surface area (Å²) in [6, 6.07) is 0. The minimum Gasteiger partial charge on any atom is -0.478 e. The molecule has 10 heavy (non-hydrogen) atoms. The van der Waals surface area contributed by atoms with Crippen LogP contribution in [0.25, 0.3) is 0 Å². The normalized spacial score (nSPS) is 12.1. The molecule has 0 aliphatic rings. The van der Waals surface area contributed by atoms with Gasteiger partial charge in [-0.25, -0.2) is 13.2 Å². The van der Waals surface area contributed by atoms with Crippen LogP contribution in [-0.4, -0.2) is 25.2 Å². The van der Waals surface area contributed by atoms with E-state index in [0.29, 0.717) is 11.5 Å². The number of hydrogen-bond donors (Lipinski definition) is 1. The molecule has 0 aliphatic carbocycles. The van der Waals surface area contributed by atoms with Crippen LogP contribution >= 0.6 is 0 Å². The molecular weight excluding hydrogens is 156 g/mol. The van der Waals surface area contributed by atoms with Gasteiger partial charge in [0.05, 0.1) is 5.75 Å². The van der Waals surface area contributed by atoms with Crippen molar-refractivity contribution in [3.05, 3.63) is 11.5 Å². The molecule has 0 bridgehead atoms. The molecule has 0 heterocycles. The zero-order valence-electron chi connectivity index (χ0n) is 5.44. The standard InChI is InChI=1S/C5H8O4S/c1-2-10(8,9)4-3-5(6)7/h3-4H,2H2,1H3,(H,6,7)/b4-3+. The van der Waals surface area contributed by atoms with Crippen molar-refractivity contribution in [3.63, 3.8) is 0 Å². The van der Waals surface area contributed by atoms with E-state index >= 15 is 0 Å². The highest BCUT2D eigenvalue weighted by Crippen LogP contribution is 1.90. The van der Waals surface area contributed by atoms with E-state index in [0.717, 1.165) is 0 Å². The second kappa shape index (κ2) is 3.36. The molecule has 0 aliphatic heterocycles. The van der Waals surface area contributed by atoms with Crippen molar-refractivity contribution in [2.45, 2.75) is 6.92 Å². The van der Waals surface area contributed by atoms with Crippen LogP contribution in [0.5, 0.6) is 0 Å². The van der Waals surface area contributed by atoms with Gasteiger partial charge in [0, 0.05) is 11.5 Å². The van der Waals surface area contributed by atoms with Crippen LogP contribution in [-0.2, 0) is 14.6 Å². The Morgan fingerprint density at radius 2 is 2.10 bits per heavy atom. The summed E-state index contributed by atoms with van der Waals surface area (Å²) < 4.78 is 21.1. The van der Waals surface area contributed by atoms with E-state index in [1.54, 1.807) is 0 Å². The number of carboxylic acid groups (broad SMARTS) is 1. The molecule has 0 unspecified atom stereocenters. The first-order valence-electron chi connectivity index (χ1n) is 2.61. The average Bonchev–Trinajstić information content (AvgIpc) is 1.85. The van der Waals surface area contributed by atoms with Crippen LogP contribution in [0.1, 0.15) is 6.92 Å². The third kappa shape index (κ3) is 4.08. The highest BCUT2D eigenvalue weighted by Gasteiger charge is 2.00. The first-order valence-corrected chi connectivity index (χ1v) is 4.33. The first kappa shape index (κ1) is 9.16. The quantitative estimate of drug-likeness (QED) is 0.597. The molecule has 0 fully saturated rings. The van der Waals surface area contributed by atoms with E-state index in [2.05, 4.69) is 0 Å². The van der Waals surface area contributed by atoms with Gasteiger partial charge in [0.15, 0.2) is 9.84 Å². The molecule has 5 heteroatoms. The highest BCUT2D eigenvalue weighted by atomic mass is 32.2. The second-order valence-electron chi connectivity index (χ2n) is 1.59. The Morgan fingerprint density at radius 3 is 2.40 bits per heavy atom.